The van der Waals surface area contributed by atoms with Gasteiger partial charge in [-0.1, -0.05) is 0 Å². The van der Waals surface area contributed by atoms with E-state index in [2.05, 4.69) is 10.1 Å². The zero-order chi connectivity index (χ0) is 17.4. The molecule has 7 heteroatoms. The molecule has 0 aromatic carbocycles. The van der Waals surface area contributed by atoms with E-state index in [4.69, 9.17) is 4.98 Å². The number of fused-ring (bicyclic) bond motifs is 1. The predicted octanol–water partition coefficient (Wildman–Crippen LogP) is 1.82. The van der Waals surface area contributed by atoms with Crippen LogP contribution in [0.5, 0.6) is 0 Å². The molecule has 0 N–H and O–H groups in total. The third-order valence-electron chi connectivity index (χ3n) is 4.63. The van der Waals surface area contributed by atoms with E-state index >= 15 is 0 Å². The predicted molar refractivity (Wildman–Crippen MR) is 94.8 cm³/mol. The first-order valence-electron chi connectivity index (χ1n) is 8.34. The van der Waals surface area contributed by atoms with Gasteiger partial charge in [-0.15, -0.1) is 0 Å². The maximum absolute atomic E-state index is 12.6. The molecular weight excluding hydrogens is 316 g/mol. The van der Waals surface area contributed by atoms with Gasteiger partial charge in [-0.3, -0.25) is 9.78 Å². The molecular formula is C18H20N6O. The van der Waals surface area contributed by atoms with E-state index in [1.54, 1.807) is 30.7 Å². The Morgan fingerprint density at radius 3 is 2.76 bits per heavy atom. The van der Waals surface area contributed by atoms with Crippen molar-refractivity contribution >= 4 is 17.2 Å². The van der Waals surface area contributed by atoms with Crippen molar-refractivity contribution in [1.82, 2.24) is 24.5 Å². The van der Waals surface area contributed by atoms with Crippen LogP contribution in [0.15, 0.2) is 43.0 Å². The number of aromatic nitrogens is 4. The van der Waals surface area contributed by atoms with Crippen molar-refractivity contribution in [3.05, 3.63) is 54.2 Å². The Balaban J connectivity index is 1.59. The normalized spacial score (nSPS) is 17.2. The molecule has 0 radical (unpaired) electrons. The second-order valence-corrected chi connectivity index (χ2v) is 6.52. The number of nitrogens with zero attached hydrogens (tertiary/aromatic N) is 6. The van der Waals surface area contributed by atoms with Crippen LogP contribution < -0.4 is 4.90 Å². The first-order chi connectivity index (χ1) is 12.1. The van der Waals surface area contributed by atoms with Gasteiger partial charge in [0.25, 0.3) is 5.91 Å². The third kappa shape index (κ3) is 2.82. The summed E-state index contributed by atoms with van der Waals surface area (Å²) in [6, 6.07) is 5.47. The van der Waals surface area contributed by atoms with E-state index in [-0.39, 0.29) is 11.8 Å². The Morgan fingerprint density at radius 1 is 1.20 bits per heavy atom. The highest BCUT2D eigenvalue weighted by Gasteiger charge is 2.29. The molecule has 1 aliphatic rings. The number of pyridine rings is 1. The van der Waals surface area contributed by atoms with E-state index in [0.29, 0.717) is 12.1 Å². The first kappa shape index (κ1) is 15.6. The SMILES string of the molecule is CN(C)c1nc(C2CCN(C(=O)c3ccncc3)C2)cn2nccc12. The lowest BCUT2D eigenvalue weighted by molar-refractivity contribution is 0.0790. The van der Waals surface area contributed by atoms with Crippen LogP contribution in [0, 0.1) is 0 Å². The minimum atomic E-state index is 0.0536. The summed E-state index contributed by atoms with van der Waals surface area (Å²) in [7, 11) is 3.96. The standard InChI is InChI=1S/C18H20N6O/c1-22(2)17-16-5-9-20-24(16)12-15(21-17)14-6-10-23(11-14)18(25)13-3-7-19-8-4-13/h3-5,7-9,12,14H,6,10-11H2,1-2H3. The molecule has 4 heterocycles. The van der Waals surface area contributed by atoms with E-state index in [9.17, 15) is 4.79 Å². The minimum absolute atomic E-state index is 0.0536. The molecule has 1 amide bonds. The largest absolute Gasteiger partial charge is 0.361 e. The van der Waals surface area contributed by atoms with E-state index < -0.39 is 0 Å². The molecule has 1 unspecified atom stereocenters. The van der Waals surface area contributed by atoms with Crippen molar-refractivity contribution < 1.29 is 4.79 Å². The summed E-state index contributed by atoms with van der Waals surface area (Å²) in [5.41, 5.74) is 2.64. The Labute approximate surface area is 145 Å². The van der Waals surface area contributed by atoms with Crippen LogP contribution in [0.2, 0.25) is 0 Å². The van der Waals surface area contributed by atoms with Crippen LogP contribution in [0.4, 0.5) is 5.82 Å². The van der Waals surface area contributed by atoms with E-state index in [1.807, 2.05) is 40.7 Å². The molecule has 1 saturated heterocycles. The summed E-state index contributed by atoms with van der Waals surface area (Å²) in [5.74, 6) is 1.17. The molecule has 1 aliphatic heterocycles. The zero-order valence-corrected chi connectivity index (χ0v) is 14.3. The lowest BCUT2D eigenvalue weighted by atomic mass is 10.1. The Hall–Kier alpha value is -2.96. The summed E-state index contributed by atoms with van der Waals surface area (Å²) in [4.78, 5) is 25.3. The van der Waals surface area contributed by atoms with Crippen LogP contribution >= 0.6 is 0 Å². The summed E-state index contributed by atoms with van der Waals surface area (Å²) in [6.07, 6.45) is 7.97. The summed E-state index contributed by atoms with van der Waals surface area (Å²) < 4.78 is 1.87. The van der Waals surface area contributed by atoms with Gasteiger partial charge in [0.05, 0.1) is 18.1 Å². The Kier molecular flexibility index (Phi) is 3.83. The number of hydrogen-bond acceptors (Lipinski definition) is 5. The number of carbonyl (C=O) groups is 1. The van der Waals surface area contributed by atoms with Crippen molar-refractivity contribution in [3.8, 4) is 0 Å². The van der Waals surface area contributed by atoms with Crippen molar-refractivity contribution in [1.29, 1.82) is 0 Å². The van der Waals surface area contributed by atoms with Crippen LogP contribution in [-0.2, 0) is 0 Å². The van der Waals surface area contributed by atoms with Gasteiger partial charge in [0.1, 0.15) is 5.52 Å². The van der Waals surface area contributed by atoms with Crippen molar-refractivity contribution in [2.75, 3.05) is 32.1 Å². The molecule has 25 heavy (non-hydrogen) atoms. The van der Waals surface area contributed by atoms with E-state index in [1.165, 1.54) is 0 Å². The van der Waals surface area contributed by atoms with Gasteiger partial charge in [-0.2, -0.15) is 5.10 Å². The average Bonchev–Trinajstić information content (AvgIpc) is 3.30. The fraction of sp³-hybridized carbons (Fsp3) is 0.333. The Bertz CT molecular complexity index is 904. The molecule has 3 aromatic rings. The molecule has 0 spiro atoms. The van der Waals surface area contributed by atoms with Gasteiger partial charge in [0.15, 0.2) is 5.82 Å². The van der Waals surface area contributed by atoms with Gasteiger partial charge in [0.2, 0.25) is 0 Å². The smallest absolute Gasteiger partial charge is 0.253 e. The lowest BCUT2D eigenvalue weighted by Gasteiger charge is -2.18. The number of amides is 1. The lowest BCUT2D eigenvalue weighted by Crippen LogP contribution is -2.28. The molecule has 4 rings (SSSR count). The molecule has 1 atom stereocenters. The van der Waals surface area contributed by atoms with Crippen LogP contribution in [0.1, 0.15) is 28.4 Å². The summed E-state index contributed by atoms with van der Waals surface area (Å²) in [5, 5.41) is 4.36. The fourth-order valence-corrected chi connectivity index (χ4v) is 3.32. The highest BCUT2D eigenvalue weighted by atomic mass is 16.2. The summed E-state index contributed by atoms with van der Waals surface area (Å²) in [6.45, 7) is 1.41. The average molecular weight is 336 g/mol. The van der Waals surface area contributed by atoms with Crippen molar-refractivity contribution in [2.24, 2.45) is 0 Å². The highest BCUT2D eigenvalue weighted by Crippen LogP contribution is 2.29. The maximum atomic E-state index is 12.6. The second kappa shape index (κ2) is 6.16. The quantitative estimate of drug-likeness (QED) is 0.730. The van der Waals surface area contributed by atoms with Crippen molar-refractivity contribution in [3.63, 3.8) is 0 Å². The second-order valence-electron chi connectivity index (χ2n) is 6.52. The van der Waals surface area contributed by atoms with Crippen LogP contribution in [0.25, 0.3) is 5.52 Å². The molecule has 7 nitrogen and oxygen atoms in total. The molecule has 3 aromatic heterocycles. The first-order valence-corrected chi connectivity index (χ1v) is 8.34. The minimum Gasteiger partial charge on any atom is -0.361 e. The fourth-order valence-electron chi connectivity index (χ4n) is 3.32. The Morgan fingerprint density at radius 2 is 2.00 bits per heavy atom. The molecule has 1 fully saturated rings. The van der Waals surface area contributed by atoms with Gasteiger partial charge in [0, 0.05) is 51.1 Å². The maximum Gasteiger partial charge on any atom is 0.253 e. The van der Waals surface area contributed by atoms with Crippen LogP contribution in [0.3, 0.4) is 0 Å². The molecule has 0 bridgehead atoms. The number of rotatable bonds is 3. The molecule has 0 aliphatic carbocycles. The van der Waals surface area contributed by atoms with Crippen LogP contribution in [-0.4, -0.2) is 57.6 Å². The van der Waals surface area contributed by atoms with Gasteiger partial charge >= 0.3 is 0 Å². The summed E-state index contributed by atoms with van der Waals surface area (Å²) >= 11 is 0. The zero-order valence-electron chi connectivity index (χ0n) is 14.3. The molecule has 0 saturated carbocycles. The number of hydrogen-bond donors (Lipinski definition) is 0. The van der Waals surface area contributed by atoms with E-state index in [0.717, 1.165) is 30.0 Å². The topological polar surface area (TPSA) is 66.6 Å². The molecule has 128 valence electrons. The van der Waals surface area contributed by atoms with Crippen molar-refractivity contribution in [2.45, 2.75) is 12.3 Å². The monoisotopic (exact) mass is 336 g/mol. The van der Waals surface area contributed by atoms with Gasteiger partial charge in [-0.05, 0) is 24.6 Å². The highest BCUT2D eigenvalue weighted by molar-refractivity contribution is 5.94. The van der Waals surface area contributed by atoms with Gasteiger partial charge < -0.3 is 9.80 Å². The van der Waals surface area contributed by atoms with Gasteiger partial charge in [-0.25, -0.2) is 9.50 Å². The number of carbonyl (C=O) groups excluding carboxylic acids is 1. The number of anilines is 1. The number of likely N-dealkylation sites (tertiary alicyclic amines) is 1. The third-order valence-corrected chi connectivity index (χ3v) is 4.63.